The third-order valence-corrected chi connectivity index (χ3v) is 3.06. The van der Waals surface area contributed by atoms with E-state index in [-0.39, 0.29) is 12.3 Å². The predicted molar refractivity (Wildman–Crippen MR) is 82.8 cm³/mol. The van der Waals surface area contributed by atoms with Crippen LogP contribution in [0, 0.1) is 17.8 Å². The minimum atomic E-state index is -0.822. The summed E-state index contributed by atoms with van der Waals surface area (Å²) in [4.78, 5) is 10.8. The van der Waals surface area contributed by atoms with E-state index < -0.39 is 5.97 Å². The number of anilines is 1. The van der Waals surface area contributed by atoms with Gasteiger partial charge in [0.2, 0.25) is 0 Å². The molecule has 0 amide bonds. The number of benzene rings is 1. The zero-order chi connectivity index (χ0) is 15.0. The summed E-state index contributed by atoms with van der Waals surface area (Å²) >= 11 is 0. The van der Waals surface area contributed by atoms with Gasteiger partial charge in [-0.1, -0.05) is 31.9 Å². The molecule has 1 aromatic carbocycles. The molecule has 3 nitrogen and oxygen atoms in total. The number of hydrogen-bond acceptors (Lipinski definition) is 2. The molecule has 108 valence electrons. The Morgan fingerprint density at radius 2 is 1.95 bits per heavy atom. The molecule has 0 saturated heterocycles. The average Bonchev–Trinajstić information content (AvgIpc) is 2.38. The van der Waals surface area contributed by atoms with Crippen LogP contribution in [-0.4, -0.2) is 17.6 Å². The molecule has 20 heavy (non-hydrogen) atoms. The van der Waals surface area contributed by atoms with Gasteiger partial charge in [-0.05, 0) is 37.0 Å². The van der Waals surface area contributed by atoms with Gasteiger partial charge in [-0.3, -0.25) is 4.79 Å². The molecule has 1 unspecified atom stereocenters. The van der Waals surface area contributed by atoms with Crippen LogP contribution in [0.2, 0.25) is 0 Å². The van der Waals surface area contributed by atoms with Crippen LogP contribution in [0.4, 0.5) is 5.69 Å². The number of rotatable bonds is 7. The van der Waals surface area contributed by atoms with E-state index in [0.29, 0.717) is 5.92 Å². The lowest BCUT2D eigenvalue weighted by atomic mass is 9.96. The van der Waals surface area contributed by atoms with Crippen LogP contribution in [-0.2, 0) is 4.79 Å². The largest absolute Gasteiger partial charge is 0.481 e. The van der Waals surface area contributed by atoms with Gasteiger partial charge in [0, 0.05) is 12.2 Å². The van der Waals surface area contributed by atoms with Crippen LogP contribution in [0.1, 0.15) is 45.1 Å². The first kappa shape index (κ1) is 16.1. The summed E-state index contributed by atoms with van der Waals surface area (Å²) in [6, 6.07) is 7.88. The highest BCUT2D eigenvalue weighted by Crippen LogP contribution is 2.21. The lowest BCUT2D eigenvalue weighted by Crippen LogP contribution is -2.06. The summed E-state index contributed by atoms with van der Waals surface area (Å²) in [5, 5.41) is 12.3. The normalized spacial score (nSPS) is 11.6. The van der Waals surface area contributed by atoms with Crippen LogP contribution in [0.25, 0.3) is 0 Å². The molecule has 1 aromatic rings. The number of aliphatic carboxylic acids is 1. The molecule has 0 aliphatic rings. The molecule has 1 rings (SSSR count). The number of hydrogen-bond donors (Lipinski definition) is 2. The third-order valence-electron chi connectivity index (χ3n) is 3.06. The van der Waals surface area contributed by atoms with Gasteiger partial charge < -0.3 is 10.4 Å². The van der Waals surface area contributed by atoms with Gasteiger partial charge in [0.05, 0.1) is 12.3 Å². The summed E-state index contributed by atoms with van der Waals surface area (Å²) in [7, 11) is 0. The van der Waals surface area contributed by atoms with Gasteiger partial charge in [0.15, 0.2) is 0 Å². The maximum Gasteiger partial charge on any atom is 0.304 e. The maximum atomic E-state index is 10.8. The summed E-state index contributed by atoms with van der Waals surface area (Å²) in [5.41, 5.74) is 2.02. The molecule has 0 spiro atoms. The zero-order valence-corrected chi connectivity index (χ0v) is 12.4. The molecule has 0 saturated carbocycles. The lowest BCUT2D eigenvalue weighted by Gasteiger charge is -2.11. The van der Waals surface area contributed by atoms with Crippen LogP contribution >= 0.6 is 0 Å². The molecule has 0 aliphatic carbocycles. The summed E-state index contributed by atoms with van der Waals surface area (Å²) in [5.74, 6) is 5.39. The Kier molecular flexibility index (Phi) is 6.66. The van der Waals surface area contributed by atoms with Gasteiger partial charge in [0.1, 0.15) is 0 Å². The van der Waals surface area contributed by atoms with Gasteiger partial charge in [-0.2, -0.15) is 0 Å². The van der Waals surface area contributed by atoms with Crippen molar-refractivity contribution >= 4 is 11.7 Å². The topological polar surface area (TPSA) is 49.3 Å². The number of carboxylic acids is 1. The maximum absolute atomic E-state index is 10.8. The fourth-order valence-electron chi connectivity index (χ4n) is 1.94. The molecular weight excluding hydrogens is 250 g/mol. The Hall–Kier alpha value is -1.95. The Balaban J connectivity index is 2.67. The Bertz CT molecular complexity index is 480. The van der Waals surface area contributed by atoms with Crippen molar-refractivity contribution in [1.29, 1.82) is 0 Å². The molecule has 0 fully saturated rings. The summed E-state index contributed by atoms with van der Waals surface area (Å²) < 4.78 is 0. The van der Waals surface area contributed by atoms with Crippen LogP contribution in [0.5, 0.6) is 0 Å². The first-order valence-corrected chi connectivity index (χ1v) is 7.00. The highest BCUT2D eigenvalue weighted by Gasteiger charge is 2.12. The molecule has 0 heterocycles. The second-order valence-electron chi connectivity index (χ2n) is 5.28. The summed E-state index contributed by atoms with van der Waals surface area (Å²) in [6.07, 6.45) is 1.17. The molecule has 3 heteroatoms. The highest BCUT2D eigenvalue weighted by molar-refractivity contribution is 5.69. The molecule has 0 aromatic heterocycles. The van der Waals surface area contributed by atoms with E-state index in [1.165, 1.54) is 0 Å². The minimum absolute atomic E-state index is 0.0426. The van der Waals surface area contributed by atoms with Crippen LogP contribution in [0.3, 0.4) is 0 Å². The van der Waals surface area contributed by atoms with E-state index in [9.17, 15) is 4.79 Å². The first-order valence-electron chi connectivity index (χ1n) is 7.00. The van der Waals surface area contributed by atoms with Crippen molar-refractivity contribution in [1.82, 2.24) is 0 Å². The fourth-order valence-corrected chi connectivity index (χ4v) is 1.94. The second kappa shape index (κ2) is 8.27. The van der Waals surface area contributed by atoms with Crippen molar-refractivity contribution in [2.24, 2.45) is 5.92 Å². The Morgan fingerprint density at radius 3 is 2.45 bits per heavy atom. The SMILES string of the molecule is CC#CC(CC(=O)O)c1ccc(NCCC(C)C)cc1. The number of nitrogens with one attached hydrogen (secondary N) is 1. The molecule has 1 atom stereocenters. The van der Waals surface area contributed by atoms with Crippen molar-refractivity contribution in [2.75, 3.05) is 11.9 Å². The van der Waals surface area contributed by atoms with Crippen LogP contribution < -0.4 is 5.32 Å². The second-order valence-corrected chi connectivity index (χ2v) is 5.28. The zero-order valence-electron chi connectivity index (χ0n) is 12.4. The molecule has 0 aliphatic heterocycles. The third kappa shape index (κ3) is 5.79. The average molecular weight is 273 g/mol. The van der Waals surface area contributed by atoms with Crippen molar-refractivity contribution in [2.45, 2.75) is 39.5 Å². The molecule has 0 bridgehead atoms. The molecular formula is C17H23NO2. The van der Waals surface area contributed by atoms with E-state index in [1.807, 2.05) is 24.3 Å². The van der Waals surface area contributed by atoms with Crippen LogP contribution in [0.15, 0.2) is 24.3 Å². The van der Waals surface area contributed by atoms with E-state index in [0.717, 1.165) is 24.2 Å². The van der Waals surface area contributed by atoms with Crippen molar-refractivity contribution in [3.8, 4) is 11.8 Å². The smallest absolute Gasteiger partial charge is 0.304 e. The lowest BCUT2D eigenvalue weighted by molar-refractivity contribution is -0.137. The van der Waals surface area contributed by atoms with Gasteiger partial charge in [-0.15, -0.1) is 5.92 Å². The van der Waals surface area contributed by atoms with Gasteiger partial charge in [0.25, 0.3) is 0 Å². The summed E-state index contributed by atoms with van der Waals surface area (Å²) in [6.45, 7) is 7.08. The van der Waals surface area contributed by atoms with Crippen molar-refractivity contribution in [3.05, 3.63) is 29.8 Å². The van der Waals surface area contributed by atoms with E-state index in [1.54, 1.807) is 6.92 Å². The first-order chi connectivity index (χ1) is 9.52. The van der Waals surface area contributed by atoms with Crippen molar-refractivity contribution < 1.29 is 9.90 Å². The fraction of sp³-hybridized carbons (Fsp3) is 0.471. The Labute approximate surface area is 121 Å². The Morgan fingerprint density at radius 1 is 1.30 bits per heavy atom. The molecule has 0 radical (unpaired) electrons. The molecule has 2 N–H and O–H groups in total. The standard InChI is InChI=1S/C17H23NO2/c1-4-5-15(12-17(19)20)14-6-8-16(9-7-14)18-11-10-13(2)3/h6-9,13,15,18H,10-12H2,1-3H3,(H,19,20). The van der Waals surface area contributed by atoms with E-state index in [4.69, 9.17) is 5.11 Å². The number of carboxylic acid groups (broad SMARTS) is 1. The monoisotopic (exact) mass is 273 g/mol. The number of carbonyl (C=O) groups is 1. The predicted octanol–water partition coefficient (Wildman–Crippen LogP) is 3.73. The van der Waals surface area contributed by atoms with Gasteiger partial charge in [-0.25, -0.2) is 0 Å². The van der Waals surface area contributed by atoms with Gasteiger partial charge >= 0.3 is 5.97 Å². The minimum Gasteiger partial charge on any atom is -0.481 e. The van der Waals surface area contributed by atoms with E-state index in [2.05, 4.69) is 31.0 Å². The quantitative estimate of drug-likeness (QED) is 0.744. The van der Waals surface area contributed by atoms with Crippen molar-refractivity contribution in [3.63, 3.8) is 0 Å². The highest BCUT2D eigenvalue weighted by atomic mass is 16.4. The van der Waals surface area contributed by atoms with E-state index >= 15 is 0 Å².